The third-order valence-corrected chi connectivity index (χ3v) is 3.55. The van der Waals surface area contributed by atoms with Crippen LogP contribution in [0.1, 0.15) is 21.6 Å². The molecular weight excluding hydrogens is 378 g/mol. The van der Waals surface area contributed by atoms with E-state index in [4.69, 9.17) is 0 Å². The van der Waals surface area contributed by atoms with E-state index in [1.807, 2.05) is 0 Å². The predicted molar refractivity (Wildman–Crippen MR) is 82.6 cm³/mol. The minimum absolute atomic E-state index is 0.328. The van der Waals surface area contributed by atoms with E-state index in [0.29, 0.717) is 11.3 Å². The van der Waals surface area contributed by atoms with Gasteiger partial charge in [0.15, 0.2) is 0 Å². The van der Waals surface area contributed by atoms with E-state index in [0.717, 1.165) is 23.6 Å². The fourth-order valence-corrected chi connectivity index (χ4v) is 2.38. The van der Waals surface area contributed by atoms with E-state index in [9.17, 15) is 31.1 Å². The Balaban J connectivity index is 2.55. The normalized spacial score (nSPS) is 12.6. The number of amides is 1. The van der Waals surface area contributed by atoms with E-state index in [1.54, 1.807) is 0 Å². The highest BCUT2D eigenvalue weighted by atomic mass is 19.4. The Morgan fingerprint density at radius 1 is 1.07 bits per heavy atom. The maximum Gasteiger partial charge on any atom is 0.462 e. The van der Waals surface area contributed by atoms with Gasteiger partial charge in [-0.1, -0.05) is 0 Å². The van der Waals surface area contributed by atoms with Gasteiger partial charge in [-0.2, -0.15) is 26.3 Å². The van der Waals surface area contributed by atoms with Crippen LogP contribution in [0.15, 0.2) is 36.7 Å². The van der Waals surface area contributed by atoms with E-state index >= 15 is 0 Å². The molecule has 27 heavy (non-hydrogen) atoms. The molecule has 0 unspecified atom stereocenters. The molecule has 2 rings (SSSR count). The van der Waals surface area contributed by atoms with Gasteiger partial charge < -0.3 is 0 Å². The molecule has 2 aromatic rings. The zero-order valence-corrected chi connectivity index (χ0v) is 14.1. The Morgan fingerprint density at radius 3 is 2.19 bits per heavy atom. The molecule has 0 spiro atoms. The third kappa shape index (κ3) is 4.29. The highest BCUT2D eigenvalue weighted by molar-refractivity contribution is 5.94. The van der Waals surface area contributed by atoms with Crippen LogP contribution < -0.4 is 15.6 Å². The fraction of sp³-hybridized carbons (Fsp3) is 0.312. The van der Waals surface area contributed by atoms with Crippen molar-refractivity contribution < 1.29 is 36.1 Å². The number of aromatic amines is 1. The number of alkyl halides is 6. The number of rotatable bonds is 4. The first-order chi connectivity index (χ1) is 12.4. The van der Waals surface area contributed by atoms with Crippen LogP contribution in [-0.4, -0.2) is 28.9 Å². The number of hydrogen-bond donors (Lipinski definition) is 2. The van der Waals surface area contributed by atoms with Crippen molar-refractivity contribution in [2.45, 2.75) is 31.9 Å². The molecule has 0 radical (unpaired) electrons. The molecule has 2 aromatic heterocycles. The molecule has 0 saturated carbocycles. The minimum atomic E-state index is -5.91. The lowest BCUT2D eigenvalue weighted by Crippen LogP contribution is -2.72. The van der Waals surface area contributed by atoms with Crippen molar-refractivity contribution in [3.63, 3.8) is 0 Å². The van der Waals surface area contributed by atoms with E-state index in [1.165, 1.54) is 37.5 Å². The van der Waals surface area contributed by atoms with Gasteiger partial charge in [-0.15, -0.1) is 0 Å². The number of pyridine rings is 2. The highest BCUT2D eigenvalue weighted by Crippen LogP contribution is 2.43. The lowest BCUT2D eigenvalue weighted by atomic mass is 10.1. The van der Waals surface area contributed by atoms with Crippen molar-refractivity contribution in [2.75, 3.05) is 5.32 Å². The number of hydrogen-bond acceptors (Lipinski definition) is 3. The molecule has 0 fully saturated rings. The zero-order chi connectivity index (χ0) is 20.5. The van der Waals surface area contributed by atoms with E-state index in [-0.39, 0.29) is 0 Å². The van der Waals surface area contributed by atoms with Crippen LogP contribution in [0.4, 0.5) is 32.2 Å². The summed E-state index contributed by atoms with van der Waals surface area (Å²) in [6.45, 7) is 2.97. The third-order valence-electron chi connectivity index (χ3n) is 3.55. The molecule has 11 heteroatoms. The van der Waals surface area contributed by atoms with Crippen LogP contribution >= 0.6 is 0 Å². The first kappa shape index (κ1) is 20.5. The number of H-pyrrole nitrogens is 1. The smallest absolute Gasteiger partial charge is 0.296 e. The Kier molecular flexibility index (Phi) is 5.34. The monoisotopic (exact) mass is 393 g/mol. The number of nitrogens with zero attached hydrogens (tertiary/aromatic N) is 1. The van der Waals surface area contributed by atoms with Crippen molar-refractivity contribution >= 4 is 11.7 Å². The van der Waals surface area contributed by atoms with E-state index < -0.39 is 35.3 Å². The molecule has 5 nitrogen and oxygen atoms in total. The summed E-state index contributed by atoms with van der Waals surface area (Å²) in [5.74, 6) is -2.15. The van der Waals surface area contributed by atoms with Crippen LogP contribution in [0.3, 0.4) is 0 Å². The topological polar surface area (TPSA) is 68.2 Å². The second-order valence-corrected chi connectivity index (χ2v) is 5.82. The summed E-state index contributed by atoms with van der Waals surface area (Å²) in [6, 6.07) is 4.85. The lowest BCUT2D eigenvalue weighted by Gasteiger charge is -2.34. The molecular formula is C16H15F6N4O+. The van der Waals surface area contributed by atoms with Crippen molar-refractivity contribution in [2.24, 2.45) is 0 Å². The fourth-order valence-electron chi connectivity index (χ4n) is 2.38. The first-order valence-corrected chi connectivity index (χ1v) is 7.50. The summed E-state index contributed by atoms with van der Waals surface area (Å²) in [4.78, 5) is 18.0. The molecule has 0 saturated heterocycles. The van der Waals surface area contributed by atoms with Gasteiger partial charge in [0.1, 0.15) is 0 Å². The Labute approximate surface area is 149 Å². The maximum absolute atomic E-state index is 13.6. The average molecular weight is 393 g/mol. The largest absolute Gasteiger partial charge is 0.462 e. The quantitative estimate of drug-likeness (QED) is 0.619. The molecule has 0 aliphatic rings. The lowest BCUT2D eigenvalue weighted by molar-refractivity contribution is -0.376. The number of aryl methyl sites for hydroxylation is 2. The van der Waals surface area contributed by atoms with Crippen molar-refractivity contribution in [3.05, 3.63) is 53.5 Å². The van der Waals surface area contributed by atoms with E-state index in [2.05, 4.69) is 9.97 Å². The number of aromatic nitrogens is 2. The maximum atomic E-state index is 13.6. The van der Waals surface area contributed by atoms with Crippen LogP contribution in [-0.2, 0) is 0 Å². The molecule has 0 aliphatic carbocycles. The van der Waals surface area contributed by atoms with Gasteiger partial charge in [-0.3, -0.25) is 15.1 Å². The molecule has 0 aromatic carbocycles. The van der Waals surface area contributed by atoms with Crippen LogP contribution in [0.2, 0.25) is 0 Å². The van der Waals surface area contributed by atoms with Crippen LogP contribution in [0, 0.1) is 13.8 Å². The molecule has 0 bridgehead atoms. The number of halogens is 6. The zero-order valence-electron chi connectivity index (χ0n) is 14.1. The Morgan fingerprint density at radius 2 is 1.70 bits per heavy atom. The van der Waals surface area contributed by atoms with Gasteiger partial charge in [0.2, 0.25) is 0 Å². The van der Waals surface area contributed by atoms with Crippen molar-refractivity contribution in [3.8, 4) is 0 Å². The number of carbonyl (C=O) groups excluding carboxylic acids is 1. The van der Waals surface area contributed by atoms with Gasteiger partial charge in [-0.25, -0.2) is 10.3 Å². The highest BCUT2D eigenvalue weighted by Gasteiger charge is 2.76. The van der Waals surface area contributed by atoms with Crippen LogP contribution in [0.5, 0.6) is 0 Å². The molecule has 1 amide bonds. The first-order valence-electron chi connectivity index (χ1n) is 7.50. The molecule has 0 atom stereocenters. The summed E-state index contributed by atoms with van der Waals surface area (Å²) in [7, 11) is 0. The van der Waals surface area contributed by atoms with Crippen molar-refractivity contribution in [1.29, 1.82) is 0 Å². The minimum Gasteiger partial charge on any atom is -0.296 e. The van der Waals surface area contributed by atoms with Crippen molar-refractivity contribution in [1.82, 2.24) is 10.3 Å². The summed E-state index contributed by atoms with van der Waals surface area (Å²) < 4.78 is 81.6. The summed E-state index contributed by atoms with van der Waals surface area (Å²) >= 11 is 0. The standard InChI is InChI=1S/C16H14F6N4O/c1-9-6-10(2)24-12(7-9)25-14(15(17,18)19,16(20,21)22)26-13(27)11-4-3-5-23-8-11/h3-8H,1-2H3,(H,24,25)(H,26,27)/p+1. The molecule has 0 aliphatic heterocycles. The number of nitrogens with one attached hydrogen (secondary N) is 3. The van der Waals surface area contributed by atoms with Crippen LogP contribution in [0.25, 0.3) is 0 Å². The average Bonchev–Trinajstić information content (AvgIpc) is 2.51. The predicted octanol–water partition coefficient (Wildman–Crippen LogP) is 3.18. The SMILES string of the molecule is Cc1cc(C)[nH+]c(NC(NC(=O)c2cccnc2)(C(F)(F)F)C(F)(F)F)c1. The Bertz CT molecular complexity index is 786. The second kappa shape index (κ2) is 7.05. The second-order valence-electron chi connectivity index (χ2n) is 5.82. The molecule has 146 valence electrons. The molecule has 3 N–H and O–H groups in total. The molecule has 2 heterocycles. The van der Waals surface area contributed by atoms with Gasteiger partial charge in [-0.05, 0) is 37.6 Å². The van der Waals surface area contributed by atoms with Gasteiger partial charge in [0.25, 0.3) is 11.7 Å². The summed E-state index contributed by atoms with van der Waals surface area (Å²) in [5, 5.41) is 2.45. The van der Waals surface area contributed by atoms with Gasteiger partial charge in [0.05, 0.1) is 11.3 Å². The Hall–Kier alpha value is -2.85. The number of anilines is 1. The summed E-state index contributed by atoms with van der Waals surface area (Å²) in [5.41, 5.74) is -4.43. The van der Waals surface area contributed by atoms with Gasteiger partial charge in [0, 0.05) is 18.5 Å². The number of carbonyl (C=O) groups is 1. The summed E-state index contributed by atoms with van der Waals surface area (Å²) in [6.07, 6.45) is -9.74. The van der Waals surface area contributed by atoms with Gasteiger partial charge >= 0.3 is 18.0 Å².